The van der Waals surface area contributed by atoms with Crippen LogP contribution < -0.4 is 10.6 Å². The van der Waals surface area contributed by atoms with Gasteiger partial charge in [0.2, 0.25) is 11.8 Å². The number of aromatic amines is 2. The predicted molar refractivity (Wildman–Crippen MR) is 177 cm³/mol. The first kappa shape index (κ1) is 29.8. The van der Waals surface area contributed by atoms with Gasteiger partial charge in [-0.15, -0.1) is 0 Å². The summed E-state index contributed by atoms with van der Waals surface area (Å²) >= 11 is 0. The number of benzene rings is 3. The summed E-state index contributed by atoms with van der Waals surface area (Å²) in [7, 11) is 0. The molecule has 0 radical (unpaired) electrons. The fourth-order valence-corrected chi connectivity index (χ4v) is 6.93. The molecule has 2 aromatic heterocycles. The van der Waals surface area contributed by atoms with Gasteiger partial charge in [0.15, 0.2) is 0 Å². The smallest absolute Gasteiger partial charge is 0.329 e. The third kappa shape index (κ3) is 5.56. The Hall–Kier alpha value is -4.89. The van der Waals surface area contributed by atoms with Crippen molar-refractivity contribution in [3.63, 3.8) is 0 Å². The van der Waals surface area contributed by atoms with E-state index in [1.807, 2.05) is 86.6 Å². The maximum atomic E-state index is 14.4. The number of nitrogens with zero attached hydrogens (tertiary/aromatic N) is 1. The molecule has 7 rings (SSSR count). The minimum absolute atomic E-state index is 0.123. The minimum Gasteiger partial charge on any atom is -0.459 e. The highest BCUT2D eigenvalue weighted by atomic mass is 16.5. The molecule has 0 saturated heterocycles. The van der Waals surface area contributed by atoms with Gasteiger partial charge in [0, 0.05) is 46.2 Å². The lowest BCUT2D eigenvalue weighted by Gasteiger charge is -2.38. The van der Waals surface area contributed by atoms with Crippen molar-refractivity contribution in [3.05, 3.63) is 107 Å². The summed E-state index contributed by atoms with van der Waals surface area (Å²) in [6.07, 6.45) is 1.53. The number of rotatable bonds is 8. The van der Waals surface area contributed by atoms with E-state index in [9.17, 15) is 14.4 Å². The molecule has 0 aliphatic carbocycles. The van der Waals surface area contributed by atoms with Crippen LogP contribution in [0.15, 0.2) is 78.9 Å². The van der Waals surface area contributed by atoms with Gasteiger partial charge >= 0.3 is 5.97 Å². The molecule has 46 heavy (non-hydrogen) atoms. The number of aromatic nitrogens is 2. The van der Waals surface area contributed by atoms with Gasteiger partial charge < -0.3 is 24.9 Å². The number of amides is 2. The molecule has 5 aromatic rings. The topological polar surface area (TPSA) is 119 Å². The third-order valence-corrected chi connectivity index (χ3v) is 9.71. The van der Waals surface area contributed by atoms with Crippen molar-refractivity contribution in [3.8, 4) is 0 Å². The van der Waals surface area contributed by atoms with E-state index < -0.39 is 24.1 Å². The lowest BCUT2D eigenvalue weighted by Crippen LogP contribution is -2.60. The van der Waals surface area contributed by atoms with Crippen molar-refractivity contribution in [1.82, 2.24) is 25.5 Å². The van der Waals surface area contributed by atoms with Gasteiger partial charge in [0.1, 0.15) is 18.7 Å². The molecule has 236 valence electrons. The Kier molecular flexibility index (Phi) is 8.09. The Morgan fingerprint density at radius 3 is 2.20 bits per heavy atom. The first-order chi connectivity index (χ1) is 22.4. The molecule has 9 nitrogen and oxygen atoms in total. The second-order valence-corrected chi connectivity index (χ2v) is 12.5. The van der Waals surface area contributed by atoms with Crippen LogP contribution in [-0.4, -0.2) is 50.8 Å². The zero-order valence-corrected chi connectivity index (χ0v) is 26.1. The second-order valence-electron chi connectivity index (χ2n) is 12.5. The lowest BCUT2D eigenvalue weighted by atomic mass is 9.92. The van der Waals surface area contributed by atoms with Crippen molar-refractivity contribution in [2.75, 3.05) is 0 Å². The zero-order valence-electron chi connectivity index (χ0n) is 26.1. The molecule has 2 amide bonds. The molecular formula is C37H39N5O4. The Labute approximate surface area is 267 Å². The van der Waals surface area contributed by atoms with Gasteiger partial charge in [0.05, 0.1) is 12.6 Å². The van der Waals surface area contributed by atoms with Crippen molar-refractivity contribution in [2.24, 2.45) is 5.92 Å². The van der Waals surface area contributed by atoms with Gasteiger partial charge in [-0.1, -0.05) is 87.0 Å². The number of ether oxygens (including phenoxy) is 1. The molecule has 0 saturated carbocycles. The monoisotopic (exact) mass is 617 g/mol. The van der Waals surface area contributed by atoms with E-state index in [0.717, 1.165) is 49.9 Å². The summed E-state index contributed by atoms with van der Waals surface area (Å²) < 4.78 is 5.68. The number of nitrogens with one attached hydrogen (secondary N) is 4. The van der Waals surface area contributed by atoms with Crippen molar-refractivity contribution in [2.45, 2.75) is 70.9 Å². The molecule has 9 heteroatoms. The van der Waals surface area contributed by atoms with E-state index in [1.165, 1.54) is 0 Å². The number of H-pyrrole nitrogens is 2. The second kappa shape index (κ2) is 12.5. The van der Waals surface area contributed by atoms with Crippen LogP contribution in [0.5, 0.6) is 0 Å². The summed E-state index contributed by atoms with van der Waals surface area (Å²) in [5, 5.41) is 8.61. The highest BCUT2D eigenvalue weighted by Gasteiger charge is 2.41. The molecule has 0 spiro atoms. The highest BCUT2D eigenvalue weighted by Crippen LogP contribution is 2.33. The van der Waals surface area contributed by atoms with E-state index in [-0.39, 0.29) is 30.9 Å². The van der Waals surface area contributed by atoms with Crippen LogP contribution in [0.1, 0.15) is 48.3 Å². The lowest BCUT2D eigenvalue weighted by molar-refractivity contribution is -0.152. The summed E-state index contributed by atoms with van der Waals surface area (Å²) in [5.41, 5.74) is 7.08. The SMILES string of the molecule is CC[C@@H](C)[C@@H](NC(=O)[C@@H]1Cc2c([nH]c3ccccc23)CN1C(=O)[C@@H]1Cc2c([nH]c3ccccc23)CN1)C(=O)OCc1ccccc1. The van der Waals surface area contributed by atoms with Crippen LogP contribution in [0, 0.1) is 5.92 Å². The quantitative estimate of drug-likeness (QED) is 0.185. The first-order valence-electron chi connectivity index (χ1n) is 16.1. The molecule has 0 unspecified atom stereocenters. The number of hydrogen-bond donors (Lipinski definition) is 4. The van der Waals surface area contributed by atoms with Crippen LogP contribution >= 0.6 is 0 Å². The van der Waals surface area contributed by atoms with Crippen molar-refractivity contribution < 1.29 is 19.1 Å². The number of fused-ring (bicyclic) bond motifs is 6. The maximum Gasteiger partial charge on any atom is 0.329 e. The molecular weight excluding hydrogens is 578 g/mol. The zero-order chi connectivity index (χ0) is 31.8. The number of carbonyl (C=O) groups is 3. The first-order valence-corrected chi connectivity index (χ1v) is 16.1. The number of hydrogen-bond acceptors (Lipinski definition) is 5. The molecule has 3 aromatic carbocycles. The molecule has 4 heterocycles. The normalized spacial score (nSPS) is 18.9. The Bertz CT molecular complexity index is 1910. The van der Waals surface area contributed by atoms with Gasteiger partial charge in [-0.2, -0.15) is 0 Å². The molecule has 2 aliphatic heterocycles. The highest BCUT2D eigenvalue weighted by molar-refractivity contribution is 5.95. The summed E-state index contributed by atoms with van der Waals surface area (Å²) in [4.78, 5) is 50.7. The van der Waals surface area contributed by atoms with Gasteiger partial charge in [-0.05, 0) is 41.2 Å². The standard InChI is InChI=1S/C37H39N5O4/c1-3-22(2)34(37(45)46-21-23-11-5-4-6-12-23)41-35(43)33-18-27-25-14-8-10-16-29(25)40-32(27)20-42(33)36(44)30-17-26-24-13-7-9-15-28(24)39-31(26)19-38-30/h4-16,22,30,33-34,38-40H,3,17-21H2,1-2H3,(H,41,43)/t22-,30+,33+,34-/m1/s1. The van der Waals surface area contributed by atoms with Gasteiger partial charge in [0.25, 0.3) is 0 Å². The van der Waals surface area contributed by atoms with Crippen LogP contribution in [-0.2, 0) is 51.7 Å². The Morgan fingerprint density at radius 1 is 0.870 bits per heavy atom. The molecule has 0 bridgehead atoms. The predicted octanol–water partition coefficient (Wildman–Crippen LogP) is 4.89. The van der Waals surface area contributed by atoms with E-state index >= 15 is 0 Å². The van der Waals surface area contributed by atoms with Crippen LogP contribution in [0.2, 0.25) is 0 Å². The van der Waals surface area contributed by atoms with E-state index in [4.69, 9.17) is 4.74 Å². The molecule has 4 N–H and O–H groups in total. The van der Waals surface area contributed by atoms with E-state index in [2.05, 4.69) is 26.7 Å². The van der Waals surface area contributed by atoms with Crippen LogP contribution in [0.3, 0.4) is 0 Å². The fourth-order valence-electron chi connectivity index (χ4n) is 6.93. The van der Waals surface area contributed by atoms with Crippen molar-refractivity contribution >= 4 is 39.6 Å². The summed E-state index contributed by atoms with van der Waals surface area (Å²) in [6.45, 7) is 4.84. The molecule has 2 aliphatic rings. The Balaban J connectivity index is 1.16. The van der Waals surface area contributed by atoms with Crippen LogP contribution in [0.25, 0.3) is 21.8 Å². The van der Waals surface area contributed by atoms with Crippen LogP contribution in [0.4, 0.5) is 0 Å². The number of carbonyl (C=O) groups excluding carboxylic acids is 3. The maximum absolute atomic E-state index is 14.4. The summed E-state index contributed by atoms with van der Waals surface area (Å²) in [6, 6.07) is 23.5. The van der Waals surface area contributed by atoms with Gasteiger partial charge in [-0.25, -0.2) is 4.79 Å². The fraction of sp³-hybridized carbons (Fsp3) is 0.324. The molecule has 0 fully saturated rings. The minimum atomic E-state index is -0.843. The van der Waals surface area contributed by atoms with E-state index in [1.54, 1.807) is 4.90 Å². The number of para-hydroxylation sites is 2. The number of esters is 1. The average Bonchev–Trinajstić information content (AvgIpc) is 3.66. The average molecular weight is 618 g/mol. The molecule has 4 atom stereocenters. The Morgan fingerprint density at radius 2 is 1.50 bits per heavy atom. The third-order valence-electron chi connectivity index (χ3n) is 9.71. The van der Waals surface area contributed by atoms with Gasteiger partial charge in [-0.3, -0.25) is 14.9 Å². The largest absolute Gasteiger partial charge is 0.459 e. The van der Waals surface area contributed by atoms with Crippen molar-refractivity contribution in [1.29, 1.82) is 0 Å². The van der Waals surface area contributed by atoms with E-state index in [0.29, 0.717) is 25.8 Å². The summed E-state index contributed by atoms with van der Waals surface area (Å²) in [5.74, 6) is -1.13.